The van der Waals surface area contributed by atoms with Crippen LogP contribution in [0.3, 0.4) is 0 Å². The molecule has 0 saturated heterocycles. The average Bonchev–Trinajstić information content (AvgIpc) is 2.71. The number of hydrogen-bond donors (Lipinski definition) is 1. The van der Waals surface area contributed by atoms with Crippen LogP contribution in [0, 0.1) is 11.6 Å². The molecule has 0 aliphatic heterocycles. The summed E-state index contributed by atoms with van der Waals surface area (Å²) in [4.78, 5) is 6.34. The van der Waals surface area contributed by atoms with Crippen molar-refractivity contribution in [2.75, 3.05) is 33.1 Å². The zero-order valence-corrected chi connectivity index (χ0v) is 17.0. The molecule has 2 aromatic carbocycles. The van der Waals surface area contributed by atoms with Gasteiger partial charge in [-0.2, -0.15) is 0 Å². The smallest absolute Gasteiger partial charge is 0.137 e. The molecule has 0 amide bonds. The molecule has 0 spiro atoms. The van der Waals surface area contributed by atoms with Crippen molar-refractivity contribution in [3.05, 3.63) is 77.0 Å². The fourth-order valence-corrected chi connectivity index (χ4v) is 3.25. The van der Waals surface area contributed by atoms with Gasteiger partial charge in [-0.15, -0.1) is 0 Å². The third kappa shape index (κ3) is 5.10. The van der Waals surface area contributed by atoms with Gasteiger partial charge in [-0.1, -0.05) is 12.1 Å². The van der Waals surface area contributed by atoms with E-state index in [0.29, 0.717) is 29.2 Å². The molecule has 2 N–H and O–H groups in total. The molecule has 0 radical (unpaired) electrons. The number of halogens is 3. The Hall–Kier alpha value is -3.06. The fraction of sp³-hybridized carbons (Fsp3) is 0.261. The van der Waals surface area contributed by atoms with E-state index in [1.165, 1.54) is 24.4 Å². The van der Waals surface area contributed by atoms with Gasteiger partial charge in [-0.3, -0.25) is 4.98 Å². The van der Waals surface area contributed by atoms with Crippen molar-refractivity contribution >= 4 is 5.69 Å². The van der Waals surface area contributed by atoms with E-state index in [1.807, 2.05) is 25.1 Å². The highest BCUT2D eigenvalue weighted by Gasteiger charge is 2.15. The second-order valence-electron chi connectivity index (χ2n) is 7.25. The first-order valence-electron chi connectivity index (χ1n) is 9.53. The molecule has 7 heteroatoms. The Morgan fingerprint density at radius 2 is 1.80 bits per heavy atom. The summed E-state index contributed by atoms with van der Waals surface area (Å²) in [5.41, 5.74) is 9.78. The summed E-state index contributed by atoms with van der Waals surface area (Å²) in [5.74, 6) is -0.724. The second kappa shape index (κ2) is 9.63. The number of rotatable bonds is 8. The van der Waals surface area contributed by atoms with E-state index in [-0.39, 0.29) is 18.6 Å². The van der Waals surface area contributed by atoms with Crippen LogP contribution in [0.4, 0.5) is 18.9 Å². The second-order valence-corrected chi connectivity index (χ2v) is 7.25. The number of aromatic nitrogens is 1. The molecule has 0 aliphatic carbocycles. The van der Waals surface area contributed by atoms with E-state index >= 15 is 0 Å². The predicted octanol–water partition coefficient (Wildman–Crippen LogP) is 4.61. The molecule has 30 heavy (non-hydrogen) atoms. The standard InChI is InChI=1S/C23H24F3N3O/c1-29(2)14-16-10-15(11-18-20(25)4-3-5-21(18)26)12-19(23(16)27)22-7-6-17(13-28-22)30-9-8-24/h3-7,10,12-13H,8-9,11,14,27H2,1-2H3. The van der Waals surface area contributed by atoms with Gasteiger partial charge in [0.1, 0.15) is 30.7 Å². The summed E-state index contributed by atoms with van der Waals surface area (Å²) in [6.45, 7) is -0.0682. The molecule has 1 heterocycles. The number of benzene rings is 2. The molecule has 0 saturated carbocycles. The number of hydrogen-bond acceptors (Lipinski definition) is 4. The van der Waals surface area contributed by atoms with Gasteiger partial charge in [-0.05, 0) is 55.6 Å². The van der Waals surface area contributed by atoms with Crippen LogP contribution in [0.5, 0.6) is 5.75 Å². The molecule has 0 bridgehead atoms. The monoisotopic (exact) mass is 415 g/mol. The van der Waals surface area contributed by atoms with Gasteiger partial charge < -0.3 is 15.4 Å². The van der Waals surface area contributed by atoms with Gasteiger partial charge >= 0.3 is 0 Å². The van der Waals surface area contributed by atoms with Crippen molar-refractivity contribution < 1.29 is 17.9 Å². The van der Waals surface area contributed by atoms with Crippen LogP contribution in [-0.2, 0) is 13.0 Å². The Bertz CT molecular complexity index is 987. The molecule has 3 aromatic rings. The Kier molecular flexibility index (Phi) is 6.95. The van der Waals surface area contributed by atoms with Crippen molar-refractivity contribution in [2.45, 2.75) is 13.0 Å². The number of nitrogens with zero attached hydrogens (tertiary/aromatic N) is 2. The third-order valence-electron chi connectivity index (χ3n) is 4.61. The molecule has 0 fully saturated rings. The van der Waals surface area contributed by atoms with Gasteiger partial charge in [0.25, 0.3) is 0 Å². The summed E-state index contributed by atoms with van der Waals surface area (Å²) in [5, 5.41) is 0. The largest absolute Gasteiger partial charge is 0.489 e. The molecule has 4 nitrogen and oxygen atoms in total. The van der Waals surface area contributed by atoms with Crippen LogP contribution in [0.25, 0.3) is 11.3 Å². The van der Waals surface area contributed by atoms with E-state index in [2.05, 4.69) is 4.98 Å². The minimum absolute atomic E-state index is 0.00644. The SMILES string of the molecule is CN(C)Cc1cc(Cc2c(F)cccc2F)cc(-c2ccc(OCCF)cn2)c1N. The van der Waals surface area contributed by atoms with Gasteiger partial charge in [0.05, 0.1) is 11.9 Å². The maximum atomic E-state index is 14.2. The van der Waals surface area contributed by atoms with Crippen LogP contribution >= 0.6 is 0 Å². The molecule has 3 rings (SSSR count). The van der Waals surface area contributed by atoms with Crippen molar-refractivity contribution in [1.29, 1.82) is 0 Å². The first-order chi connectivity index (χ1) is 14.4. The Morgan fingerprint density at radius 1 is 1.07 bits per heavy atom. The van der Waals surface area contributed by atoms with Gasteiger partial charge in [0.2, 0.25) is 0 Å². The van der Waals surface area contributed by atoms with Crippen LogP contribution in [0.1, 0.15) is 16.7 Å². The summed E-state index contributed by atoms with van der Waals surface area (Å²) in [6.07, 6.45) is 1.59. The fourth-order valence-electron chi connectivity index (χ4n) is 3.25. The molecular weight excluding hydrogens is 391 g/mol. The third-order valence-corrected chi connectivity index (χ3v) is 4.61. The molecule has 0 atom stereocenters. The number of nitrogens with two attached hydrogens (primary N) is 1. The van der Waals surface area contributed by atoms with Gasteiger partial charge in [0.15, 0.2) is 0 Å². The van der Waals surface area contributed by atoms with Crippen molar-refractivity contribution in [1.82, 2.24) is 9.88 Å². The lowest BCUT2D eigenvalue weighted by Crippen LogP contribution is -2.13. The zero-order valence-electron chi connectivity index (χ0n) is 17.0. The lowest BCUT2D eigenvalue weighted by Gasteiger charge is -2.17. The van der Waals surface area contributed by atoms with Crippen molar-refractivity contribution in [3.63, 3.8) is 0 Å². The lowest BCUT2D eigenvalue weighted by molar-refractivity contribution is 0.272. The van der Waals surface area contributed by atoms with Gasteiger partial charge in [0, 0.05) is 29.8 Å². The minimum Gasteiger partial charge on any atom is -0.489 e. The number of nitrogen functional groups attached to an aromatic ring is 1. The lowest BCUT2D eigenvalue weighted by atomic mass is 9.95. The van der Waals surface area contributed by atoms with E-state index < -0.39 is 18.3 Å². The Balaban J connectivity index is 2.02. The molecule has 1 aromatic heterocycles. The molecular formula is C23H24F3N3O. The summed E-state index contributed by atoms with van der Waals surface area (Å²) in [7, 11) is 3.83. The van der Waals surface area contributed by atoms with Crippen molar-refractivity contribution in [2.24, 2.45) is 0 Å². The molecule has 158 valence electrons. The highest BCUT2D eigenvalue weighted by atomic mass is 19.1. The van der Waals surface area contributed by atoms with Gasteiger partial charge in [-0.25, -0.2) is 13.2 Å². The summed E-state index contributed by atoms with van der Waals surface area (Å²) in [6, 6.07) is 10.9. The average molecular weight is 415 g/mol. The summed E-state index contributed by atoms with van der Waals surface area (Å²) < 4.78 is 45.8. The van der Waals surface area contributed by atoms with Crippen LogP contribution in [0.15, 0.2) is 48.7 Å². The highest BCUT2D eigenvalue weighted by Crippen LogP contribution is 2.32. The maximum Gasteiger partial charge on any atom is 0.137 e. The topological polar surface area (TPSA) is 51.4 Å². The zero-order chi connectivity index (χ0) is 21.7. The summed E-state index contributed by atoms with van der Waals surface area (Å²) >= 11 is 0. The normalized spacial score (nSPS) is 11.1. The predicted molar refractivity (Wildman–Crippen MR) is 112 cm³/mol. The first-order valence-corrected chi connectivity index (χ1v) is 9.53. The number of pyridine rings is 1. The van der Waals surface area contributed by atoms with E-state index in [0.717, 1.165) is 11.1 Å². The first kappa shape index (κ1) is 21.6. The van der Waals surface area contributed by atoms with E-state index in [4.69, 9.17) is 10.5 Å². The maximum absolute atomic E-state index is 14.2. The molecule has 0 unspecified atom stereocenters. The number of anilines is 1. The van der Waals surface area contributed by atoms with Crippen LogP contribution < -0.4 is 10.5 Å². The van der Waals surface area contributed by atoms with E-state index in [1.54, 1.807) is 18.2 Å². The number of alkyl halides is 1. The van der Waals surface area contributed by atoms with E-state index in [9.17, 15) is 13.2 Å². The minimum atomic E-state index is -0.588. The number of ether oxygens (including phenoxy) is 1. The van der Waals surface area contributed by atoms with Crippen LogP contribution in [0.2, 0.25) is 0 Å². The highest BCUT2D eigenvalue weighted by molar-refractivity contribution is 5.77. The Morgan fingerprint density at radius 3 is 2.40 bits per heavy atom. The quantitative estimate of drug-likeness (QED) is 0.546. The van der Waals surface area contributed by atoms with Crippen LogP contribution in [-0.4, -0.2) is 37.3 Å². The van der Waals surface area contributed by atoms with Crippen molar-refractivity contribution in [3.8, 4) is 17.0 Å². The molecule has 0 aliphatic rings. The Labute approximate surface area is 174 Å².